The van der Waals surface area contributed by atoms with Crippen molar-refractivity contribution >= 4 is 11.6 Å². The van der Waals surface area contributed by atoms with Gasteiger partial charge in [-0.3, -0.25) is 4.79 Å². The van der Waals surface area contributed by atoms with Crippen LogP contribution in [0.5, 0.6) is 5.75 Å². The summed E-state index contributed by atoms with van der Waals surface area (Å²) in [6.45, 7) is 0.624. The highest BCUT2D eigenvalue weighted by Gasteiger charge is 2.27. The predicted octanol–water partition coefficient (Wildman–Crippen LogP) is 2.78. The van der Waals surface area contributed by atoms with Crippen molar-refractivity contribution in [1.82, 2.24) is 0 Å². The van der Waals surface area contributed by atoms with Gasteiger partial charge in [-0.05, 0) is 29.3 Å². The quantitative estimate of drug-likeness (QED) is 0.841. The molecular formula is C16H15NO2. The summed E-state index contributed by atoms with van der Waals surface area (Å²) in [7, 11) is 1.64. The minimum atomic E-state index is 0.145. The minimum absolute atomic E-state index is 0.145. The topological polar surface area (TPSA) is 29.5 Å². The number of nitrogens with zero attached hydrogens (tertiary/aromatic N) is 1. The van der Waals surface area contributed by atoms with Gasteiger partial charge in [0.25, 0.3) is 0 Å². The van der Waals surface area contributed by atoms with Crippen molar-refractivity contribution in [3.63, 3.8) is 0 Å². The van der Waals surface area contributed by atoms with Gasteiger partial charge in [-0.1, -0.05) is 30.3 Å². The molecule has 0 aliphatic carbocycles. The molecule has 0 spiro atoms. The lowest BCUT2D eigenvalue weighted by Crippen LogP contribution is -2.25. The summed E-state index contributed by atoms with van der Waals surface area (Å²) in [5.74, 6) is 0.945. The number of benzene rings is 2. The number of rotatable bonds is 3. The Labute approximate surface area is 112 Å². The first kappa shape index (κ1) is 11.8. The van der Waals surface area contributed by atoms with Crippen molar-refractivity contribution in [2.45, 2.75) is 13.0 Å². The van der Waals surface area contributed by atoms with Gasteiger partial charge in [0.2, 0.25) is 5.91 Å². The summed E-state index contributed by atoms with van der Waals surface area (Å²) in [6.07, 6.45) is 0.458. The number of anilines is 1. The van der Waals surface area contributed by atoms with Gasteiger partial charge >= 0.3 is 0 Å². The molecule has 0 atom stereocenters. The molecule has 0 saturated carbocycles. The lowest BCUT2D eigenvalue weighted by Gasteiger charge is -2.17. The highest BCUT2D eigenvalue weighted by Crippen LogP contribution is 2.32. The van der Waals surface area contributed by atoms with Gasteiger partial charge in [0.1, 0.15) is 5.75 Å². The first-order chi connectivity index (χ1) is 9.28. The average Bonchev–Trinajstić information content (AvgIpc) is 2.75. The summed E-state index contributed by atoms with van der Waals surface area (Å²) in [5.41, 5.74) is 3.18. The van der Waals surface area contributed by atoms with Crippen LogP contribution in [0.4, 0.5) is 5.69 Å². The van der Waals surface area contributed by atoms with Crippen LogP contribution >= 0.6 is 0 Å². The molecular weight excluding hydrogens is 238 g/mol. The summed E-state index contributed by atoms with van der Waals surface area (Å²) >= 11 is 0. The van der Waals surface area contributed by atoms with Crippen molar-refractivity contribution < 1.29 is 9.53 Å². The third-order valence-electron chi connectivity index (χ3n) is 3.40. The van der Waals surface area contributed by atoms with E-state index in [1.54, 1.807) is 7.11 Å². The number of fused-ring (bicyclic) bond motifs is 1. The van der Waals surface area contributed by atoms with E-state index in [9.17, 15) is 4.79 Å². The lowest BCUT2D eigenvalue weighted by molar-refractivity contribution is -0.117. The lowest BCUT2D eigenvalue weighted by atomic mass is 10.1. The Hall–Kier alpha value is -2.29. The van der Waals surface area contributed by atoms with Gasteiger partial charge in [-0.15, -0.1) is 0 Å². The van der Waals surface area contributed by atoms with Crippen LogP contribution in [-0.2, 0) is 17.8 Å². The number of carbonyl (C=O) groups is 1. The van der Waals surface area contributed by atoms with Gasteiger partial charge in [0.05, 0.1) is 20.1 Å². The second-order valence-corrected chi connectivity index (χ2v) is 4.64. The second-order valence-electron chi connectivity index (χ2n) is 4.64. The maximum absolute atomic E-state index is 12.1. The molecule has 0 saturated heterocycles. The molecule has 0 aromatic heterocycles. The van der Waals surface area contributed by atoms with Crippen LogP contribution in [0.3, 0.4) is 0 Å². The van der Waals surface area contributed by atoms with Crippen LogP contribution < -0.4 is 9.64 Å². The second kappa shape index (κ2) is 4.76. The molecule has 1 aliphatic rings. The molecule has 1 aliphatic heterocycles. The molecule has 0 bridgehead atoms. The summed E-state index contributed by atoms with van der Waals surface area (Å²) < 4.78 is 5.20. The molecule has 0 radical (unpaired) electrons. The first-order valence-corrected chi connectivity index (χ1v) is 6.29. The van der Waals surface area contributed by atoms with Crippen LogP contribution in [0.15, 0.2) is 48.5 Å². The van der Waals surface area contributed by atoms with E-state index in [1.807, 2.05) is 53.4 Å². The van der Waals surface area contributed by atoms with Crippen molar-refractivity contribution in [3.05, 3.63) is 59.7 Å². The number of ether oxygens (including phenoxy) is 1. The average molecular weight is 253 g/mol. The largest absolute Gasteiger partial charge is 0.497 e. The number of hydrogen-bond acceptors (Lipinski definition) is 2. The molecule has 19 heavy (non-hydrogen) atoms. The fourth-order valence-corrected chi connectivity index (χ4v) is 2.43. The Morgan fingerprint density at radius 1 is 1.16 bits per heavy atom. The number of amides is 1. The normalized spacial score (nSPS) is 13.5. The van der Waals surface area contributed by atoms with Crippen LogP contribution in [0, 0.1) is 0 Å². The van der Waals surface area contributed by atoms with E-state index in [-0.39, 0.29) is 5.91 Å². The highest BCUT2D eigenvalue weighted by atomic mass is 16.5. The van der Waals surface area contributed by atoms with Crippen LogP contribution in [-0.4, -0.2) is 13.0 Å². The van der Waals surface area contributed by atoms with Gasteiger partial charge < -0.3 is 9.64 Å². The molecule has 0 unspecified atom stereocenters. The fraction of sp³-hybridized carbons (Fsp3) is 0.188. The number of carbonyl (C=O) groups excluding carboxylic acids is 1. The third-order valence-corrected chi connectivity index (χ3v) is 3.40. The Kier molecular flexibility index (Phi) is 2.95. The molecule has 2 aromatic carbocycles. The Morgan fingerprint density at radius 2 is 1.95 bits per heavy atom. The van der Waals surface area contributed by atoms with Crippen molar-refractivity contribution in [2.75, 3.05) is 12.0 Å². The zero-order valence-electron chi connectivity index (χ0n) is 10.8. The molecule has 3 heteroatoms. The van der Waals surface area contributed by atoms with Crippen molar-refractivity contribution in [1.29, 1.82) is 0 Å². The third kappa shape index (κ3) is 2.19. The zero-order chi connectivity index (χ0) is 13.2. The van der Waals surface area contributed by atoms with Crippen molar-refractivity contribution in [3.8, 4) is 5.75 Å². The SMILES string of the molecule is COc1ccc2c(c1)CC(=O)N2Cc1ccccc1. The van der Waals surface area contributed by atoms with E-state index in [4.69, 9.17) is 4.74 Å². The van der Waals surface area contributed by atoms with Gasteiger partial charge in [-0.2, -0.15) is 0 Å². The molecule has 2 aromatic rings. The molecule has 96 valence electrons. The zero-order valence-corrected chi connectivity index (χ0v) is 10.8. The molecule has 3 nitrogen and oxygen atoms in total. The van der Waals surface area contributed by atoms with Gasteiger partial charge in [0.15, 0.2) is 0 Å². The van der Waals surface area contributed by atoms with E-state index in [2.05, 4.69) is 0 Å². The summed E-state index contributed by atoms with van der Waals surface area (Å²) in [5, 5.41) is 0. The van der Waals surface area contributed by atoms with E-state index in [0.29, 0.717) is 13.0 Å². The monoisotopic (exact) mass is 253 g/mol. The van der Waals surface area contributed by atoms with Crippen LogP contribution in [0.25, 0.3) is 0 Å². The van der Waals surface area contributed by atoms with Gasteiger partial charge in [-0.25, -0.2) is 0 Å². The fourth-order valence-electron chi connectivity index (χ4n) is 2.43. The van der Waals surface area contributed by atoms with E-state index in [0.717, 1.165) is 22.6 Å². The number of methoxy groups -OCH3 is 1. The minimum Gasteiger partial charge on any atom is -0.497 e. The Balaban J connectivity index is 1.90. The Morgan fingerprint density at radius 3 is 2.68 bits per heavy atom. The van der Waals surface area contributed by atoms with E-state index >= 15 is 0 Å². The summed E-state index contributed by atoms with van der Waals surface area (Å²) in [4.78, 5) is 14.0. The standard InChI is InChI=1S/C16H15NO2/c1-19-14-7-8-15-13(9-14)10-16(18)17(15)11-12-5-3-2-4-6-12/h2-9H,10-11H2,1H3. The van der Waals surface area contributed by atoms with Crippen molar-refractivity contribution in [2.24, 2.45) is 0 Å². The molecule has 3 rings (SSSR count). The Bertz CT molecular complexity index is 607. The van der Waals surface area contributed by atoms with Gasteiger partial charge in [0, 0.05) is 5.69 Å². The van der Waals surface area contributed by atoms with Crippen LogP contribution in [0.1, 0.15) is 11.1 Å². The maximum Gasteiger partial charge on any atom is 0.231 e. The molecule has 1 heterocycles. The van der Waals surface area contributed by atoms with E-state index in [1.165, 1.54) is 0 Å². The van der Waals surface area contributed by atoms with Crippen LogP contribution in [0.2, 0.25) is 0 Å². The summed E-state index contributed by atoms with van der Waals surface area (Å²) in [6, 6.07) is 15.8. The molecule has 0 fully saturated rings. The number of hydrogen-bond donors (Lipinski definition) is 0. The smallest absolute Gasteiger partial charge is 0.231 e. The molecule has 1 amide bonds. The predicted molar refractivity (Wildman–Crippen MR) is 74.3 cm³/mol. The van der Waals surface area contributed by atoms with E-state index < -0.39 is 0 Å². The highest BCUT2D eigenvalue weighted by molar-refractivity contribution is 6.01. The molecule has 0 N–H and O–H groups in total. The first-order valence-electron chi connectivity index (χ1n) is 6.29. The maximum atomic E-state index is 12.1.